The Labute approximate surface area is 83.0 Å². The average Bonchev–Trinajstić information content (AvgIpc) is 2.65. The van der Waals surface area contributed by atoms with Crippen molar-refractivity contribution < 1.29 is 9.47 Å². The van der Waals surface area contributed by atoms with Crippen molar-refractivity contribution >= 4 is 0 Å². The van der Waals surface area contributed by atoms with Crippen LogP contribution < -0.4 is 10.5 Å². The summed E-state index contributed by atoms with van der Waals surface area (Å²) in [6.45, 7) is 0.734. The Kier molecular flexibility index (Phi) is 2.65. The van der Waals surface area contributed by atoms with Gasteiger partial charge in [0, 0.05) is 30.5 Å². The first-order valence-corrected chi connectivity index (χ1v) is 4.68. The summed E-state index contributed by atoms with van der Waals surface area (Å²) in [5.74, 6) is 0.611. The predicted molar refractivity (Wildman–Crippen MR) is 52.1 cm³/mol. The first kappa shape index (κ1) is 9.43. The molecule has 1 aliphatic rings. The van der Waals surface area contributed by atoms with Gasteiger partial charge in [-0.3, -0.25) is 0 Å². The van der Waals surface area contributed by atoms with Crippen molar-refractivity contribution in [1.82, 2.24) is 4.98 Å². The van der Waals surface area contributed by atoms with E-state index in [1.54, 1.807) is 13.3 Å². The Morgan fingerprint density at radius 3 is 2.93 bits per heavy atom. The number of methoxy groups -OCH3 is 1. The molecule has 2 rings (SSSR count). The molecule has 0 unspecified atom stereocenters. The van der Waals surface area contributed by atoms with Gasteiger partial charge in [0.25, 0.3) is 0 Å². The Balaban J connectivity index is 2.16. The Bertz CT molecular complexity index is 299. The highest BCUT2D eigenvalue weighted by atomic mass is 16.5. The zero-order chi connectivity index (χ0) is 9.97. The van der Waals surface area contributed by atoms with E-state index in [1.165, 1.54) is 0 Å². The van der Waals surface area contributed by atoms with Gasteiger partial charge in [0.15, 0.2) is 0 Å². The van der Waals surface area contributed by atoms with E-state index in [9.17, 15) is 0 Å². The summed E-state index contributed by atoms with van der Waals surface area (Å²) in [7, 11) is 1.60. The lowest BCUT2D eigenvalue weighted by atomic mass is 10.1. The fraction of sp³-hybridized carbons (Fsp3) is 0.500. The highest BCUT2D eigenvalue weighted by Crippen LogP contribution is 2.27. The molecule has 14 heavy (non-hydrogen) atoms. The van der Waals surface area contributed by atoms with Gasteiger partial charge < -0.3 is 15.2 Å². The molecule has 2 atom stereocenters. The van der Waals surface area contributed by atoms with Crippen molar-refractivity contribution in [2.75, 3.05) is 13.7 Å². The van der Waals surface area contributed by atoms with Crippen LogP contribution in [0.25, 0.3) is 0 Å². The van der Waals surface area contributed by atoms with Crippen molar-refractivity contribution in [1.29, 1.82) is 0 Å². The smallest absolute Gasteiger partial charge is 0.212 e. The van der Waals surface area contributed by atoms with Crippen LogP contribution in [-0.2, 0) is 4.74 Å². The maximum Gasteiger partial charge on any atom is 0.212 e. The van der Waals surface area contributed by atoms with Crippen LogP contribution in [0.2, 0.25) is 0 Å². The summed E-state index contributed by atoms with van der Waals surface area (Å²) in [6, 6.07) is 3.86. The molecule has 1 saturated heterocycles. The summed E-state index contributed by atoms with van der Waals surface area (Å²) in [5, 5.41) is 0. The van der Waals surface area contributed by atoms with Crippen molar-refractivity contribution in [2.45, 2.75) is 18.6 Å². The van der Waals surface area contributed by atoms with E-state index in [2.05, 4.69) is 4.98 Å². The molecule has 0 bridgehead atoms. The lowest BCUT2D eigenvalue weighted by molar-refractivity contribution is 0.105. The molecule has 0 saturated carbocycles. The first-order valence-electron chi connectivity index (χ1n) is 4.68. The van der Waals surface area contributed by atoms with Crippen LogP contribution in [-0.4, -0.2) is 24.7 Å². The molecule has 0 spiro atoms. The minimum absolute atomic E-state index is 0.00611. The van der Waals surface area contributed by atoms with E-state index in [1.807, 2.05) is 12.1 Å². The highest BCUT2D eigenvalue weighted by Gasteiger charge is 2.26. The standard InChI is InChI=1S/C10H14N2O2/c1-13-9-3-2-7(6-12-9)10-8(11)4-5-14-10/h2-3,6,8,10H,4-5,11H2,1H3/t8-,10-/m0/s1. The first-order chi connectivity index (χ1) is 6.81. The maximum atomic E-state index is 5.90. The van der Waals surface area contributed by atoms with Gasteiger partial charge in [-0.15, -0.1) is 0 Å². The van der Waals surface area contributed by atoms with E-state index in [0.717, 1.165) is 18.6 Å². The number of ether oxygens (including phenoxy) is 2. The van der Waals surface area contributed by atoms with Crippen LogP contribution in [0.5, 0.6) is 5.88 Å². The largest absolute Gasteiger partial charge is 0.481 e. The van der Waals surface area contributed by atoms with E-state index >= 15 is 0 Å². The van der Waals surface area contributed by atoms with Crippen molar-refractivity contribution in [3.8, 4) is 5.88 Å². The third-order valence-corrected chi connectivity index (χ3v) is 2.43. The molecule has 4 heteroatoms. The molecule has 0 amide bonds. The quantitative estimate of drug-likeness (QED) is 0.759. The molecule has 4 nitrogen and oxygen atoms in total. The number of hydrogen-bond acceptors (Lipinski definition) is 4. The van der Waals surface area contributed by atoms with Gasteiger partial charge in [-0.25, -0.2) is 4.98 Å². The minimum atomic E-state index is -0.00611. The fourth-order valence-electron chi connectivity index (χ4n) is 1.63. The molecule has 76 valence electrons. The molecule has 0 aliphatic carbocycles. The SMILES string of the molecule is COc1ccc([C@@H]2OCC[C@@H]2N)cn1. The van der Waals surface area contributed by atoms with Gasteiger partial charge in [-0.1, -0.05) is 0 Å². The summed E-state index contributed by atoms with van der Waals surface area (Å²) >= 11 is 0. The molecule has 1 aliphatic heterocycles. The monoisotopic (exact) mass is 194 g/mol. The zero-order valence-electron chi connectivity index (χ0n) is 8.14. The van der Waals surface area contributed by atoms with Crippen molar-refractivity contribution in [3.63, 3.8) is 0 Å². The third kappa shape index (κ3) is 1.71. The van der Waals surface area contributed by atoms with Gasteiger partial charge in [0.05, 0.1) is 13.2 Å². The number of aromatic nitrogens is 1. The lowest BCUT2D eigenvalue weighted by Gasteiger charge is -2.14. The van der Waals surface area contributed by atoms with E-state index in [0.29, 0.717) is 5.88 Å². The molecule has 2 N–H and O–H groups in total. The molecular weight excluding hydrogens is 180 g/mol. The molecule has 1 aromatic heterocycles. The Morgan fingerprint density at radius 1 is 1.57 bits per heavy atom. The molecule has 2 heterocycles. The molecule has 0 aromatic carbocycles. The number of hydrogen-bond donors (Lipinski definition) is 1. The van der Waals surface area contributed by atoms with Gasteiger partial charge in [0.1, 0.15) is 0 Å². The molecule has 0 radical (unpaired) electrons. The summed E-state index contributed by atoms with van der Waals surface area (Å²) in [5.41, 5.74) is 6.92. The van der Waals surface area contributed by atoms with Crippen molar-refractivity contribution in [3.05, 3.63) is 23.9 Å². The van der Waals surface area contributed by atoms with Crippen LogP contribution in [0.4, 0.5) is 0 Å². The Hall–Kier alpha value is -1.13. The Morgan fingerprint density at radius 2 is 2.43 bits per heavy atom. The van der Waals surface area contributed by atoms with Crippen LogP contribution in [0.15, 0.2) is 18.3 Å². The average molecular weight is 194 g/mol. The van der Waals surface area contributed by atoms with Gasteiger partial charge >= 0.3 is 0 Å². The lowest BCUT2D eigenvalue weighted by Crippen LogP contribution is -2.23. The second kappa shape index (κ2) is 3.94. The van der Waals surface area contributed by atoms with E-state index in [-0.39, 0.29) is 12.1 Å². The van der Waals surface area contributed by atoms with Gasteiger partial charge in [0.2, 0.25) is 5.88 Å². The highest BCUT2D eigenvalue weighted by molar-refractivity contribution is 5.21. The second-order valence-electron chi connectivity index (χ2n) is 3.38. The number of nitrogens with zero attached hydrogens (tertiary/aromatic N) is 1. The van der Waals surface area contributed by atoms with Crippen LogP contribution in [0.3, 0.4) is 0 Å². The summed E-state index contributed by atoms with van der Waals surface area (Å²) in [6.07, 6.45) is 2.67. The summed E-state index contributed by atoms with van der Waals surface area (Å²) < 4.78 is 10.5. The van der Waals surface area contributed by atoms with Crippen LogP contribution in [0, 0.1) is 0 Å². The maximum absolute atomic E-state index is 5.90. The number of nitrogens with two attached hydrogens (primary N) is 1. The van der Waals surface area contributed by atoms with Crippen molar-refractivity contribution in [2.24, 2.45) is 5.73 Å². The minimum Gasteiger partial charge on any atom is -0.481 e. The molecule has 1 fully saturated rings. The molecular formula is C10H14N2O2. The van der Waals surface area contributed by atoms with Gasteiger partial charge in [-0.05, 0) is 12.5 Å². The topological polar surface area (TPSA) is 57.4 Å². The van der Waals surface area contributed by atoms with Gasteiger partial charge in [-0.2, -0.15) is 0 Å². The third-order valence-electron chi connectivity index (χ3n) is 2.43. The fourth-order valence-corrected chi connectivity index (χ4v) is 1.63. The van der Waals surface area contributed by atoms with E-state index in [4.69, 9.17) is 15.2 Å². The van der Waals surface area contributed by atoms with Crippen LogP contribution in [0.1, 0.15) is 18.1 Å². The molecule has 1 aromatic rings. The number of pyridine rings is 1. The van der Waals surface area contributed by atoms with E-state index < -0.39 is 0 Å². The normalized spacial score (nSPS) is 26.4. The van der Waals surface area contributed by atoms with Crippen LogP contribution >= 0.6 is 0 Å². The predicted octanol–water partition coefficient (Wildman–Crippen LogP) is 0.879. The second-order valence-corrected chi connectivity index (χ2v) is 3.38. The summed E-state index contributed by atoms with van der Waals surface area (Å²) in [4.78, 5) is 4.12. The zero-order valence-corrected chi connectivity index (χ0v) is 8.14. The number of rotatable bonds is 2.